The van der Waals surface area contributed by atoms with Crippen LogP contribution >= 0.6 is 15.9 Å². The average molecular weight is 468 g/mol. The minimum Gasteiger partial charge on any atom is -0.494 e. The van der Waals surface area contributed by atoms with E-state index in [4.69, 9.17) is 4.74 Å². The fraction of sp³-hybridized carbons (Fsp3) is 0.0909. The Morgan fingerprint density at radius 3 is 2.77 bits per heavy atom. The van der Waals surface area contributed by atoms with E-state index in [0.717, 1.165) is 6.07 Å². The molecule has 0 spiro atoms. The van der Waals surface area contributed by atoms with Gasteiger partial charge in [-0.15, -0.1) is 0 Å². The molecule has 3 heterocycles. The van der Waals surface area contributed by atoms with Crippen LogP contribution < -0.4 is 10.2 Å². The van der Waals surface area contributed by atoms with Crippen LogP contribution in [0.3, 0.4) is 0 Å². The lowest BCUT2D eigenvalue weighted by Gasteiger charge is -2.12. The highest BCUT2D eigenvalue weighted by Crippen LogP contribution is 2.20. The molecule has 1 aromatic carbocycles. The highest BCUT2D eigenvalue weighted by Gasteiger charge is 2.19. The molecular weight excluding hydrogens is 453 g/mol. The topological polar surface area (TPSA) is 74.1 Å². The van der Waals surface area contributed by atoms with Gasteiger partial charge < -0.3 is 9.30 Å². The van der Waals surface area contributed by atoms with Crippen LogP contribution in [-0.2, 0) is 6.54 Å². The number of hydrogen-bond donors (Lipinski definition) is 0. The van der Waals surface area contributed by atoms with Gasteiger partial charge in [-0.05, 0) is 58.4 Å². The second-order valence-electron chi connectivity index (χ2n) is 6.50. The zero-order chi connectivity index (χ0) is 21.3. The number of benzene rings is 1. The molecule has 0 radical (unpaired) electrons. The summed E-state index contributed by atoms with van der Waals surface area (Å²) in [5.74, 6) is -1.24. The number of pyridine rings is 3. The fourth-order valence-corrected chi connectivity index (χ4v) is 3.56. The number of nitrogens with zero attached hydrogens (tertiary/aromatic N) is 3. The average Bonchev–Trinajstić information content (AvgIpc) is 2.75. The van der Waals surface area contributed by atoms with Gasteiger partial charge in [-0.1, -0.05) is 6.07 Å². The minimum atomic E-state index is -0.676. The Bertz CT molecular complexity index is 1340. The van der Waals surface area contributed by atoms with E-state index in [9.17, 15) is 14.0 Å². The van der Waals surface area contributed by atoms with Crippen LogP contribution in [0.4, 0.5) is 4.39 Å². The molecule has 0 saturated carbocycles. The van der Waals surface area contributed by atoms with Gasteiger partial charge in [-0.25, -0.2) is 14.4 Å². The van der Waals surface area contributed by atoms with E-state index >= 15 is 0 Å². The van der Waals surface area contributed by atoms with Crippen molar-refractivity contribution >= 4 is 32.7 Å². The maximum atomic E-state index is 14.1. The van der Waals surface area contributed by atoms with Crippen molar-refractivity contribution in [2.24, 2.45) is 0 Å². The van der Waals surface area contributed by atoms with Crippen molar-refractivity contribution in [2.45, 2.75) is 6.54 Å². The Morgan fingerprint density at radius 2 is 2.03 bits per heavy atom. The number of fused-ring (bicyclic) bond motifs is 1. The predicted octanol–water partition coefficient (Wildman–Crippen LogP) is 3.98. The molecule has 0 amide bonds. The van der Waals surface area contributed by atoms with Crippen molar-refractivity contribution in [1.82, 2.24) is 14.5 Å². The van der Waals surface area contributed by atoms with Gasteiger partial charge >= 0.3 is 0 Å². The summed E-state index contributed by atoms with van der Waals surface area (Å²) in [6.45, 7) is 0.296. The van der Waals surface area contributed by atoms with E-state index < -0.39 is 17.0 Å². The van der Waals surface area contributed by atoms with Gasteiger partial charge in [0.05, 0.1) is 30.3 Å². The van der Waals surface area contributed by atoms with Crippen molar-refractivity contribution in [2.75, 3.05) is 7.11 Å². The van der Waals surface area contributed by atoms with E-state index in [-0.39, 0.29) is 16.9 Å². The van der Waals surface area contributed by atoms with Crippen LogP contribution in [0.1, 0.15) is 21.6 Å². The Morgan fingerprint density at radius 1 is 1.20 bits per heavy atom. The first-order valence-corrected chi connectivity index (χ1v) is 9.75. The van der Waals surface area contributed by atoms with Crippen LogP contribution in [0, 0.1) is 5.82 Å². The summed E-state index contributed by atoms with van der Waals surface area (Å²) in [5, 5.41) is 0.298. The molecule has 0 unspecified atom stereocenters. The molecule has 0 aliphatic rings. The molecular formula is C22H15BrFN3O3. The quantitative estimate of drug-likeness (QED) is 0.327. The molecule has 8 heteroatoms. The molecule has 0 fully saturated rings. The smallest absolute Gasteiger partial charge is 0.202 e. The second-order valence-corrected chi connectivity index (χ2v) is 7.32. The highest BCUT2D eigenvalue weighted by atomic mass is 79.9. The third-order valence-corrected chi connectivity index (χ3v) is 5.04. The molecule has 0 atom stereocenters. The van der Waals surface area contributed by atoms with Gasteiger partial charge in [-0.2, -0.15) is 0 Å². The first-order chi connectivity index (χ1) is 14.5. The number of carbonyl (C=O) groups excluding carboxylic acids is 1. The van der Waals surface area contributed by atoms with E-state index in [0.29, 0.717) is 27.9 Å². The SMILES string of the molecule is COc1ccc(C(=O)c2cn(Cc3cccc(Br)n3)c3ncccc3c2=O)cc1F. The van der Waals surface area contributed by atoms with Gasteiger partial charge in [0.15, 0.2) is 17.3 Å². The number of rotatable bonds is 5. The zero-order valence-electron chi connectivity index (χ0n) is 15.8. The van der Waals surface area contributed by atoms with E-state index in [1.807, 2.05) is 12.1 Å². The van der Waals surface area contributed by atoms with Crippen LogP contribution in [0.2, 0.25) is 0 Å². The molecule has 4 rings (SSSR count). The van der Waals surface area contributed by atoms with Gasteiger partial charge in [0.25, 0.3) is 0 Å². The van der Waals surface area contributed by atoms with Crippen molar-refractivity contribution in [3.63, 3.8) is 0 Å². The summed E-state index contributed by atoms with van der Waals surface area (Å²) < 4.78 is 21.4. The molecule has 0 aliphatic carbocycles. The Labute approximate surface area is 179 Å². The maximum absolute atomic E-state index is 14.1. The van der Waals surface area contributed by atoms with Crippen LogP contribution in [0.25, 0.3) is 11.0 Å². The number of hydrogen-bond acceptors (Lipinski definition) is 5. The van der Waals surface area contributed by atoms with E-state index in [1.54, 1.807) is 29.0 Å². The monoisotopic (exact) mass is 467 g/mol. The van der Waals surface area contributed by atoms with Gasteiger partial charge in [0.2, 0.25) is 5.43 Å². The molecule has 3 aromatic heterocycles. The Balaban J connectivity index is 1.86. The minimum absolute atomic E-state index is 0.0207. The number of ether oxygens (including phenoxy) is 1. The van der Waals surface area contributed by atoms with Gasteiger partial charge in [0.1, 0.15) is 10.3 Å². The largest absolute Gasteiger partial charge is 0.494 e. The summed E-state index contributed by atoms with van der Waals surface area (Å²) in [5.41, 5.74) is 0.671. The maximum Gasteiger partial charge on any atom is 0.202 e. The normalized spacial score (nSPS) is 10.9. The number of methoxy groups -OCH3 is 1. The second kappa shape index (κ2) is 8.16. The molecule has 0 N–H and O–H groups in total. The molecule has 30 heavy (non-hydrogen) atoms. The van der Waals surface area contributed by atoms with Crippen molar-refractivity contribution in [3.05, 3.63) is 98.4 Å². The number of aromatic nitrogens is 3. The first kappa shape index (κ1) is 19.9. The Hall–Kier alpha value is -3.39. The Kier molecular flexibility index (Phi) is 5.41. The standard InChI is InChI=1S/C22H15BrFN3O3/c1-30-18-8-7-13(10-17(18)24)20(28)16-12-27(11-14-4-2-6-19(23)26-14)22-15(21(16)29)5-3-9-25-22/h2-10,12H,11H2,1H3. The molecule has 0 bridgehead atoms. The van der Waals surface area contributed by atoms with Crippen LogP contribution in [0.5, 0.6) is 5.75 Å². The predicted molar refractivity (Wildman–Crippen MR) is 113 cm³/mol. The fourth-order valence-electron chi connectivity index (χ4n) is 3.18. The van der Waals surface area contributed by atoms with Gasteiger partial charge in [0, 0.05) is 18.0 Å². The summed E-state index contributed by atoms with van der Waals surface area (Å²) >= 11 is 3.34. The lowest BCUT2D eigenvalue weighted by molar-refractivity contribution is 0.103. The van der Waals surface area contributed by atoms with E-state index in [2.05, 4.69) is 25.9 Å². The molecule has 150 valence electrons. The lowest BCUT2D eigenvalue weighted by Crippen LogP contribution is -2.21. The summed E-state index contributed by atoms with van der Waals surface area (Å²) in [6, 6.07) is 12.6. The van der Waals surface area contributed by atoms with Crippen molar-refractivity contribution < 1.29 is 13.9 Å². The highest BCUT2D eigenvalue weighted by molar-refractivity contribution is 9.10. The van der Waals surface area contributed by atoms with Gasteiger partial charge in [-0.3, -0.25) is 9.59 Å². The number of halogens is 2. The van der Waals surface area contributed by atoms with Crippen LogP contribution in [-0.4, -0.2) is 27.4 Å². The molecule has 0 saturated heterocycles. The number of ketones is 1. The first-order valence-electron chi connectivity index (χ1n) is 8.96. The zero-order valence-corrected chi connectivity index (χ0v) is 17.4. The summed E-state index contributed by atoms with van der Waals surface area (Å²) in [4.78, 5) is 34.8. The third kappa shape index (κ3) is 3.73. The molecule has 6 nitrogen and oxygen atoms in total. The molecule has 0 aliphatic heterocycles. The van der Waals surface area contributed by atoms with Crippen LogP contribution in [0.15, 0.2) is 70.3 Å². The number of carbonyl (C=O) groups is 1. The summed E-state index contributed by atoms with van der Waals surface area (Å²) in [6.07, 6.45) is 3.03. The van der Waals surface area contributed by atoms with E-state index in [1.165, 1.54) is 25.4 Å². The van der Waals surface area contributed by atoms with Crippen molar-refractivity contribution in [3.8, 4) is 5.75 Å². The molecule has 4 aromatic rings. The third-order valence-electron chi connectivity index (χ3n) is 4.60. The van der Waals surface area contributed by atoms with Crippen molar-refractivity contribution in [1.29, 1.82) is 0 Å². The lowest BCUT2D eigenvalue weighted by atomic mass is 10.0. The summed E-state index contributed by atoms with van der Waals surface area (Å²) in [7, 11) is 1.34.